The van der Waals surface area contributed by atoms with E-state index < -0.39 is 5.41 Å². The van der Waals surface area contributed by atoms with E-state index in [1.807, 2.05) is 44.2 Å². The summed E-state index contributed by atoms with van der Waals surface area (Å²) in [6, 6.07) is 16.4. The van der Waals surface area contributed by atoms with Crippen LogP contribution in [0.15, 0.2) is 48.5 Å². The van der Waals surface area contributed by atoms with Gasteiger partial charge in [0.05, 0.1) is 5.41 Å². The third-order valence-electron chi connectivity index (χ3n) is 4.45. The Morgan fingerprint density at radius 2 is 1.72 bits per heavy atom. The minimum Gasteiger partial charge on any atom is -0.479 e. The summed E-state index contributed by atoms with van der Waals surface area (Å²) < 4.78 is 5.22. The van der Waals surface area contributed by atoms with Gasteiger partial charge in [-0.15, -0.1) is 0 Å². The molecular weight excluding hydrogens is 336 g/mol. The highest BCUT2D eigenvalue weighted by molar-refractivity contribution is 6.30. The number of amides is 1. The Morgan fingerprint density at radius 3 is 2.24 bits per heavy atom. The van der Waals surface area contributed by atoms with Crippen LogP contribution in [0, 0.1) is 11.3 Å². The van der Waals surface area contributed by atoms with Crippen LogP contribution < -0.4 is 10.1 Å². The van der Waals surface area contributed by atoms with Crippen molar-refractivity contribution in [1.82, 2.24) is 0 Å². The molecule has 0 aliphatic carbocycles. The molecule has 5 heteroatoms. The summed E-state index contributed by atoms with van der Waals surface area (Å²) in [4.78, 5) is 13.0. The van der Waals surface area contributed by atoms with E-state index in [2.05, 4.69) is 5.32 Å². The minimum absolute atomic E-state index is 0.00292. The molecule has 130 valence electrons. The fourth-order valence-corrected chi connectivity index (χ4v) is 3.01. The second-order valence-corrected chi connectivity index (χ2v) is 6.16. The molecule has 25 heavy (non-hydrogen) atoms. The lowest BCUT2D eigenvalue weighted by atomic mass is 9.75. The molecular formula is C20H21ClN2O2. The van der Waals surface area contributed by atoms with Crippen LogP contribution >= 0.6 is 11.6 Å². The predicted molar refractivity (Wildman–Crippen MR) is 99.9 cm³/mol. The van der Waals surface area contributed by atoms with Crippen molar-refractivity contribution in [2.24, 2.45) is 0 Å². The van der Waals surface area contributed by atoms with Crippen LogP contribution in [0.1, 0.15) is 32.3 Å². The number of carbonyl (C=O) groups excluding carboxylic acids is 1. The number of nitriles is 1. The standard InChI is InChI=1S/C20H21ClN2O2/c1-3-20(4-2,15-5-7-16(21)8-6-15)19(24)23-17-9-11-18(12-10-17)25-14-13-22/h5-12H,3-4,14H2,1-2H3,(H,23,24). The molecule has 0 aliphatic heterocycles. The van der Waals surface area contributed by atoms with E-state index in [4.69, 9.17) is 21.6 Å². The van der Waals surface area contributed by atoms with Gasteiger partial charge in [-0.2, -0.15) is 5.26 Å². The van der Waals surface area contributed by atoms with Crippen molar-refractivity contribution in [2.45, 2.75) is 32.1 Å². The number of nitrogens with zero attached hydrogens (tertiary/aromatic N) is 1. The van der Waals surface area contributed by atoms with Crippen LogP contribution in [0.2, 0.25) is 5.02 Å². The summed E-state index contributed by atoms with van der Waals surface area (Å²) in [6.07, 6.45) is 1.36. The van der Waals surface area contributed by atoms with Crippen molar-refractivity contribution in [2.75, 3.05) is 11.9 Å². The van der Waals surface area contributed by atoms with Crippen molar-refractivity contribution >= 4 is 23.2 Å². The van der Waals surface area contributed by atoms with Crippen molar-refractivity contribution < 1.29 is 9.53 Å². The van der Waals surface area contributed by atoms with Gasteiger partial charge in [0.2, 0.25) is 5.91 Å². The molecule has 0 unspecified atom stereocenters. The first-order valence-corrected chi connectivity index (χ1v) is 8.61. The Bertz CT molecular complexity index is 745. The van der Waals surface area contributed by atoms with Gasteiger partial charge in [0.15, 0.2) is 6.61 Å². The van der Waals surface area contributed by atoms with Gasteiger partial charge in [-0.3, -0.25) is 4.79 Å². The molecule has 0 atom stereocenters. The second kappa shape index (κ2) is 8.55. The normalized spacial score (nSPS) is 10.8. The lowest BCUT2D eigenvalue weighted by molar-refractivity contribution is -0.121. The zero-order chi connectivity index (χ0) is 18.3. The van der Waals surface area contributed by atoms with Crippen molar-refractivity contribution in [3.05, 3.63) is 59.1 Å². The Balaban J connectivity index is 2.20. The molecule has 0 spiro atoms. The number of hydrogen-bond donors (Lipinski definition) is 1. The smallest absolute Gasteiger partial charge is 0.235 e. The summed E-state index contributed by atoms with van der Waals surface area (Å²) in [7, 11) is 0. The van der Waals surface area contributed by atoms with Gasteiger partial charge in [-0.1, -0.05) is 37.6 Å². The number of halogens is 1. The van der Waals surface area contributed by atoms with E-state index in [0.29, 0.717) is 29.3 Å². The molecule has 1 amide bonds. The minimum atomic E-state index is -0.611. The van der Waals surface area contributed by atoms with E-state index in [1.54, 1.807) is 24.3 Å². The molecule has 0 aliphatic rings. The molecule has 0 saturated heterocycles. The lowest BCUT2D eigenvalue weighted by Gasteiger charge is -2.31. The van der Waals surface area contributed by atoms with Crippen LogP contribution in [0.25, 0.3) is 0 Å². The van der Waals surface area contributed by atoms with Crippen LogP contribution in [0.5, 0.6) is 5.75 Å². The van der Waals surface area contributed by atoms with Crippen LogP contribution in [0.3, 0.4) is 0 Å². The van der Waals surface area contributed by atoms with Gasteiger partial charge >= 0.3 is 0 Å². The van der Waals surface area contributed by atoms with Gasteiger partial charge in [-0.25, -0.2) is 0 Å². The topological polar surface area (TPSA) is 62.1 Å². The van der Waals surface area contributed by atoms with E-state index in [1.165, 1.54) is 0 Å². The Kier molecular flexibility index (Phi) is 6.44. The summed E-state index contributed by atoms with van der Waals surface area (Å²) in [5.41, 5.74) is 1.03. The zero-order valence-electron chi connectivity index (χ0n) is 14.4. The molecule has 0 aromatic heterocycles. The predicted octanol–water partition coefficient (Wildman–Crippen LogP) is 4.94. The van der Waals surface area contributed by atoms with E-state index in [9.17, 15) is 4.79 Å². The van der Waals surface area contributed by atoms with E-state index >= 15 is 0 Å². The van der Waals surface area contributed by atoms with Crippen molar-refractivity contribution in [1.29, 1.82) is 5.26 Å². The highest BCUT2D eigenvalue weighted by atomic mass is 35.5. The average Bonchev–Trinajstić information content (AvgIpc) is 2.64. The third kappa shape index (κ3) is 4.32. The van der Waals surface area contributed by atoms with Gasteiger partial charge in [-0.05, 0) is 54.8 Å². The molecule has 0 heterocycles. The number of anilines is 1. The highest BCUT2D eigenvalue weighted by Crippen LogP contribution is 2.34. The molecule has 1 N–H and O–H groups in total. The van der Waals surface area contributed by atoms with Gasteiger partial charge < -0.3 is 10.1 Å². The van der Waals surface area contributed by atoms with Crippen molar-refractivity contribution in [3.8, 4) is 11.8 Å². The zero-order valence-corrected chi connectivity index (χ0v) is 15.1. The maximum Gasteiger partial charge on any atom is 0.235 e. The van der Waals surface area contributed by atoms with Crippen molar-refractivity contribution in [3.63, 3.8) is 0 Å². The third-order valence-corrected chi connectivity index (χ3v) is 4.71. The number of ether oxygens (including phenoxy) is 1. The summed E-state index contributed by atoms with van der Waals surface area (Å²) >= 11 is 5.98. The number of benzene rings is 2. The molecule has 0 radical (unpaired) electrons. The number of rotatable bonds is 7. The highest BCUT2D eigenvalue weighted by Gasteiger charge is 2.36. The lowest BCUT2D eigenvalue weighted by Crippen LogP contribution is -2.39. The first-order chi connectivity index (χ1) is 12.1. The second-order valence-electron chi connectivity index (χ2n) is 5.72. The summed E-state index contributed by atoms with van der Waals surface area (Å²) in [5.74, 6) is 0.542. The Labute approximate surface area is 153 Å². The largest absolute Gasteiger partial charge is 0.479 e. The Morgan fingerprint density at radius 1 is 1.12 bits per heavy atom. The number of hydrogen-bond acceptors (Lipinski definition) is 3. The SMILES string of the molecule is CCC(CC)(C(=O)Nc1ccc(OCC#N)cc1)c1ccc(Cl)cc1. The average molecular weight is 357 g/mol. The first-order valence-electron chi connectivity index (χ1n) is 8.23. The molecule has 2 aromatic rings. The van der Waals surface area contributed by atoms with Crippen LogP contribution in [0.4, 0.5) is 5.69 Å². The van der Waals surface area contributed by atoms with Gasteiger partial charge in [0.25, 0.3) is 0 Å². The molecule has 2 aromatic carbocycles. The number of nitrogens with one attached hydrogen (secondary N) is 1. The summed E-state index contributed by atoms with van der Waals surface area (Å²) in [6.45, 7) is 4.02. The fraction of sp³-hybridized carbons (Fsp3) is 0.300. The molecule has 4 nitrogen and oxygen atoms in total. The van der Waals surface area contributed by atoms with E-state index in [0.717, 1.165) is 5.56 Å². The molecule has 0 fully saturated rings. The molecule has 0 saturated carbocycles. The first kappa shape index (κ1) is 18.8. The maximum absolute atomic E-state index is 13.0. The molecule has 2 rings (SSSR count). The maximum atomic E-state index is 13.0. The van der Waals surface area contributed by atoms with Crippen LogP contribution in [-0.4, -0.2) is 12.5 Å². The molecule has 0 bridgehead atoms. The Hall–Kier alpha value is -2.51. The monoisotopic (exact) mass is 356 g/mol. The number of carbonyl (C=O) groups is 1. The van der Waals surface area contributed by atoms with E-state index in [-0.39, 0.29) is 12.5 Å². The van der Waals surface area contributed by atoms with Crippen LogP contribution in [-0.2, 0) is 10.2 Å². The van der Waals surface area contributed by atoms with Gasteiger partial charge in [0, 0.05) is 10.7 Å². The quantitative estimate of drug-likeness (QED) is 0.764. The van der Waals surface area contributed by atoms with Gasteiger partial charge in [0.1, 0.15) is 11.8 Å². The summed E-state index contributed by atoms with van der Waals surface area (Å²) in [5, 5.41) is 12.2. The fourth-order valence-electron chi connectivity index (χ4n) is 2.88.